The summed E-state index contributed by atoms with van der Waals surface area (Å²) in [5.41, 5.74) is 9.44. The summed E-state index contributed by atoms with van der Waals surface area (Å²) in [7, 11) is -2.43. The maximum Gasteiger partial charge on any atom is 0.204 e. The first-order chi connectivity index (χ1) is 17.8. The highest BCUT2D eigenvalue weighted by atomic mass is 28.3. The Balaban J connectivity index is 1.65. The van der Waals surface area contributed by atoms with E-state index >= 15 is 0 Å². The lowest BCUT2D eigenvalue weighted by Gasteiger charge is -2.37. The summed E-state index contributed by atoms with van der Waals surface area (Å²) in [6.45, 7) is 2.24. The molecule has 1 heterocycles. The third-order valence-corrected chi connectivity index (χ3v) is 13.0. The molecule has 0 saturated heterocycles. The fourth-order valence-corrected chi connectivity index (χ4v) is 11.9. The van der Waals surface area contributed by atoms with Gasteiger partial charge in [-0.1, -0.05) is 123 Å². The Labute approximate surface area is 216 Å². The molecule has 36 heavy (non-hydrogen) atoms. The SMILES string of the molecule is C/C(C#Cc1ccccc1)=C1/c2cccc3cccc(c23)[Si]1(C#Cc1ccccc1)C1CCCCC1. The summed E-state index contributed by atoms with van der Waals surface area (Å²) in [4.78, 5) is 0. The molecule has 0 amide bonds. The molecule has 1 fully saturated rings. The average molecular weight is 479 g/mol. The van der Waals surface area contributed by atoms with Crippen molar-refractivity contribution in [1.29, 1.82) is 0 Å². The average Bonchev–Trinajstić information content (AvgIpc) is 3.24. The van der Waals surface area contributed by atoms with E-state index in [2.05, 4.69) is 121 Å². The first kappa shape index (κ1) is 22.7. The predicted octanol–water partition coefficient (Wildman–Crippen LogP) is 7.80. The molecule has 4 aromatic carbocycles. The molecule has 1 saturated carbocycles. The quantitative estimate of drug-likeness (QED) is 0.193. The van der Waals surface area contributed by atoms with Crippen LogP contribution in [0.2, 0.25) is 5.54 Å². The van der Waals surface area contributed by atoms with Gasteiger partial charge in [-0.2, -0.15) is 0 Å². The lowest BCUT2D eigenvalue weighted by molar-refractivity contribution is 0.497. The van der Waals surface area contributed by atoms with Crippen molar-refractivity contribution in [1.82, 2.24) is 0 Å². The van der Waals surface area contributed by atoms with E-state index in [-0.39, 0.29) is 0 Å². The second-order valence-corrected chi connectivity index (χ2v) is 13.8. The zero-order chi connectivity index (χ0) is 24.4. The molecule has 0 spiro atoms. The van der Waals surface area contributed by atoms with Crippen LogP contribution in [0, 0.1) is 23.3 Å². The molecule has 0 aromatic heterocycles. The number of rotatable bonds is 1. The van der Waals surface area contributed by atoms with Crippen LogP contribution in [0.15, 0.2) is 103 Å². The van der Waals surface area contributed by atoms with E-state index in [0.717, 1.165) is 11.1 Å². The van der Waals surface area contributed by atoms with Gasteiger partial charge in [0.25, 0.3) is 0 Å². The molecule has 6 rings (SSSR count). The van der Waals surface area contributed by atoms with Gasteiger partial charge in [-0.05, 0) is 63.4 Å². The first-order valence-electron chi connectivity index (χ1n) is 13.2. The van der Waals surface area contributed by atoms with Crippen molar-refractivity contribution in [2.45, 2.75) is 44.6 Å². The van der Waals surface area contributed by atoms with Crippen molar-refractivity contribution in [2.24, 2.45) is 0 Å². The maximum absolute atomic E-state index is 4.08. The zero-order valence-electron chi connectivity index (χ0n) is 20.9. The van der Waals surface area contributed by atoms with E-state index in [1.54, 1.807) is 0 Å². The van der Waals surface area contributed by atoms with E-state index in [9.17, 15) is 0 Å². The van der Waals surface area contributed by atoms with Gasteiger partial charge in [0.05, 0.1) is 0 Å². The zero-order valence-corrected chi connectivity index (χ0v) is 21.9. The standard InChI is InChI=1S/C35H30Si/c1-27(23-24-28-13-5-2-6-14-28)35-32-21-11-17-30-18-12-22-33(34(30)32)36(35,31-19-9-4-10-20-31)26-25-29-15-7-3-8-16-29/h2-3,5-8,11-18,21-22,31H,4,9-10,19-20H2,1H3/b35-27+. The van der Waals surface area contributed by atoms with Crippen LogP contribution in [0.4, 0.5) is 0 Å². The number of allylic oxidation sites excluding steroid dienone is 1. The largest absolute Gasteiger partial charge is 0.204 e. The van der Waals surface area contributed by atoms with Crippen molar-refractivity contribution in [3.8, 4) is 23.3 Å². The minimum atomic E-state index is -2.43. The molecule has 1 atom stereocenters. The molecule has 1 unspecified atom stereocenters. The van der Waals surface area contributed by atoms with Gasteiger partial charge < -0.3 is 0 Å². The molecule has 0 bridgehead atoms. The lowest BCUT2D eigenvalue weighted by Crippen LogP contribution is -2.50. The Morgan fingerprint density at radius 2 is 1.33 bits per heavy atom. The van der Waals surface area contributed by atoms with Crippen LogP contribution in [0.5, 0.6) is 0 Å². The molecule has 1 heteroatoms. The van der Waals surface area contributed by atoms with Gasteiger partial charge in [0.15, 0.2) is 0 Å². The van der Waals surface area contributed by atoms with Crippen LogP contribution in [0.3, 0.4) is 0 Å². The third kappa shape index (κ3) is 3.91. The molecule has 4 aromatic rings. The molecule has 174 valence electrons. The molecular weight excluding hydrogens is 448 g/mol. The summed E-state index contributed by atoms with van der Waals surface area (Å²) in [6, 6.07) is 34.6. The summed E-state index contributed by atoms with van der Waals surface area (Å²) in [5, 5.41) is 5.74. The van der Waals surface area contributed by atoms with Gasteiger partial charge >= 0.3 is 0 Å². The van der Waals surface area contributed by atoms with E-state index in [1.165, 1.54) is 64.4 Å². The van der Waals surface area contributed by atoms with E-state index < -0.39 is 8.07 Å². The van der Waals surface area contributed by atoms with Crippen LogP contribution in [-0.4, -0.2) is 8.07 Å². The monoisotopic (exact) mass is 478 g/mol. The summed E-state index contributed by atoms with van der Waals surface area (Å²) >= 11 is 0. The van der Waals surface area contributed by atoms with Crippen LogP contribution in [0.1, 0.15) is 55.7 Å². The van der Waals surface area contributed by atoms with Crippen LogP contribution >= 0.6 is 0 Å². The highest BCUT2D eigenvalue weighted by molar-refractivity contribution is 7.15. The van der Waals surface area contributed by atoms with Crippen molar-refractivity contribution in [3.63, 3.8) is 0 Å². The molecule has 2 aliphatic rings. The van der Waals surface area contributed by atoms with Gasteiger partial charge in [-0.25, -0.2) is 0 Å². The Morgan fingerprint density at radius 3 is 2.03 bits per heavy atom. The summed E-state index contributed by atoms with van der Waals surface area (Å²) in [6.07, 6.45) is 6.49. The highest BCUT2D eigenvalue weighted by Crippen LogP contribution is 2.49. The summed E-state index contributed by atoms with van der Waals surface area (Å²) in [5.74, 6) is 10.8. The van der Waals surface area contributed by atoms with Gasteiger partial charge in [0, 0.05) is 16.7 Å². The molecule has 0 N–H and O–H groups in total. The predicted molar refractivity (Wildman–Crippen MR) is 155 cm³/mol. The minimum absolute atomic E-state index is 0.615. The summed E-state index contributed by atoms with van der Waals surface area (Å²) < 4.78 is 0. The van der Waals surface area contributed by atoms with Crippen LogP contribution < -0.4 is 5.19 Å². The van der Waals surface area contributed by atoms with Crippen molar-refractivity contribution < 1.29 is 0 Å². The Kier molecular flexibility index (Phi) is 6.11. The van der Waals surface area contributed by atoms with E-state index in [4.69, 9.17) is 0 Å². The van der Waals surface area contributed by atoms with Gasteiger partial charge in [0.1, 0.15) is 0 Å². The van der Waals surface area contributed by atoms with Crippen LogP contribution in [0.25, 0.3) is 16.0 Å². The molecule has 0 nitrogen and oxygen atoms in total. The van der Waals surface area contributed by atoms with Crippen LogP contribution in [-0.2, 0) is 0 Å². The number of hydrogen-bond acceptors (Lipinski definition) is 0. The normalized spacial score (nSPS) is 20.2. The second kappa shape index (κ2) is 9.70. The van der Waals surface area contributed by atoms with E-state index in [1.807, 2.05) is 6.07 Å². The second-order valence-electron chi connectivity index (χ2n) is 10.1. The fourth-order valence-electron chi connectivity index (χ4n) is 6.36. The highest BCUT2D eigenvalue weighted by Gasteiger charge is 2.52. The molecule has 1 aliphatic heterocycles. The fraction of sp³-hybridized carbons (Fsp3) is 0.200. The Hall–Kier alpha value is -3.78. The smallest absolute Gasteiger partial charge is 0.114 e. The van der Waals surface area contributed by atoms with Crippen molar-refractivity contribution in [3.05, 3.63) is 119 Å². The number of benzene rings is 4. The van der Waals surface area contributed by atoms with Crippen molar-refractivity contribution >= 4 is 29.2 Å². The van der Waals surface area contributed by atoms with E-state index in [0.29, 0.717) is 5.54 Å². The Bertz CT molecular complexity index is 1560. The molecule has 1 aliphatic carbocycles. The van der Waals surface area contributed by atoms with Crippen molar-refractivity contribution in [2.75, 3.05) is 0 Å². The molecule has 0 radical (unpaired) electrons. The minimum Gasteiger partial charge on any atom is -0.114 e. The first-order valence-corrected chi connectivity index (χ1v) is 15.2. The molecular formula is C35H30Si. The van der Waals surface area contributed by atoms with Gasteiger partial charge in [-0.15, -0.1) is 5.54 Å². The number of hydrogen-bond donors (Lipinski definition) is 0. The lowest BCUT2D eigenvalue weighted by atomic mass is 10.0. The van der Waals surface area contributed by atoms with Gasteiger partial charge in [-0.3, -0.25) is 0 Å². The third-order valence-electron chi connectivity index (χ3n) is 7.93. The topological polar surface area (TPSA) is 0 Å². The van der Waals surface area contributed by atoms with Gasteiger partial charge in [0.2, 0.25) is 8.07 Å². The Morgan fingerprint density at radius 1 is 0.694 bits per heavy atom. The maximum atomic E-state index is 4.08.